The summed E-state index contributed by atoms with van der Waals surface area (Å²) < 4.78 is 28.0. The van der Waals surface area contributed by atoms with Crippen molar-refractivity contribution in [1.82, 2.24) is 4.90 Å². The van der Waals surface area contributed by atoms with Gasteiger partial charge in [-0.05, 0) is 54.1 Å². The van der Waals surface area contributed by atoms with Gasteiger partial charge in [0.1, 0.15) is 11.5 Å². The maximum Gasteiger partial charge on any atom is 0.322 e. The van der Waals surface area contributed by atoms with E-state index in [2.05, 4.69) is 5.32 Å². The topological polar surface area (TPSA) is 126 Å². The Morgan fingerprint density at radius 1 is 1.04 bits per heavy atom. The van der Waals surface area contributed by atoms with Gasteiger partial charge >= 0.3 is 6.03 Å². The molecule has 3 aromatic rings. The van der Waals surface area contributed by atoms with Gasteiger partial charge in [0.2, 0.25) is 10.0 Å². The van der Waals surface area contributed by atoms with Crippen LogP contribution in [0.25, 0.3) is 0 Å². The highest BCUT2D eigenvalue weighted by Crippen LogP contribution is 2.17. The molecule has 0 saturated carbocycles. The van der Waals surface area contributed by atoms with Crippen molar-refractivity contribution in [2.75, 3.05) is 5.32 Å². The predicted molar refractivity (Wildman–Crippen MR) is 103 cm³/mol. The second-order valence-corrected chi connectivity index (χ2v) is 7.66. The number of rotatable bonds is 6. The number of primary sulfonamides is 1. The molecule has 0 radical (unpaired) electrons. The van der Waals surface area contributed by atoms with Crippen molar-refractivity contribution in [3.63, 3.8) is 0 Å². The summed E-state index contributed by atoms with van der Waals surface area (Å²) in [5, 5.41) is 17.2. The molecule has 0 fully saturated rings. The van der Waals surface area contributed by atoms with Gasteiger partial charge in [0.25, 0.3) is 0 Å². The summed E-state index contributed by atoms with van der Waals surface area (Å²) >= 11 is 0. The first-order chi connectivity index (χ1) is 13.3. The fraction of sp³-hybridized carbons (Fsp3) is 0.105. The Bertz CT molecular complexity index is 1030. The quantitative estimate of drug-likeness (QED) is 0.585. The normalized spacial score (nSPS) is 11.2. The largest absolute Gasteiger partial charge is 0.508 e. The van der Waals surface area contributed by atoms with Crippen molar-refractivity contribution >= 4 is 21.7 Å². The molecule has 1 heterocycles. The molecule has 0 aliphatic heterocycles. The third-order valence-electron chi connectivity index (χ3n) is 3.96. The molecule has 0 atom stereocenters. The Hall–Kier alpha value is -3.30. The Balaban J connectivity index is 1.76. The smallest absolute Gasteiger partial charge is 0.322 e. The van der Waals surface area contributed by atoms with E-state index in [0.29, 0.717) is 11.4 Å². The van der Waals surface area contributed by atoms with Crippen LogP contribution in [0.5, 0.6) is 5.75 Å². The molecular weight excluding hydrogens is 382 g/mol. The van der Waals surface area contributed by atoms with Gasteiger partial charge in [-0.2, -0.15) is 0 Å². The summed E-state index contributed by atoms with van der Waals surface area (Å²) in [6.07, 6.45) is 1.53. The van der Waals surface area contributed by atoms with Crippen LogP contribution in [0.1, 0.15) is 11.3 Å². The Labute approximate surface area is 162 Å². The van der Waals surface area contributed by atoms with Crippen LogP contribution in [0.3, 0.4) is 0 Å². The maximum absolute atomic E-state index is 12.8. The van der Waals surface area contributed by atoms with Gasteiger partial charge in [-0.1, -0.05) is 12.1 Å². The van der Waals surface area contributed by atoms with Crippen LogP contribution in [-0.2, 0) is 23.1 Å². The summed E-state index contributed by atoms with van der Waals surface area (Å²) in [6, 6.07) is 15.2. The minimum atomic E-state index is -3.80. The first kappa shape index (κ1) is 19.5. The van der Waals surface area contributed by atoms with E-state index in [-0.39, 0.29) is 23.7 Å². The number of furan rings is 1. The summed E-state index contributed by atoms with van der Waals surface area (Å²) in [5.41, 5.74) is 1.25. The number of amides is 2. The minimum Gasteiger partial charge on any atom is -0.508 e. The second-order valence-electron chi connectivity index (χ2n) is 6.10. The highest BCUT2D eigenvalue weighted by molar-refractivity contribution is 7.89. The zero-order valence-electron chi connectivity index (χ0n) is 14.8. The van der Waals surface area contributed by atoms with E-state index in [1.54, 1.807) is 36.4 Å². The molecule has 2 amide bonds. The number of nitrogens with one attached hydrogen (secondary N) is 1. The fourth-order valence-corrected chi connectivity index (χ4v) is 3.06. The van der Waals surface area contributed by atoms with Crippen molar-refractivity contribution in [2.24, 2.45) is 5.14 Å². The van der Waals surface area contributed by atoms with Gasteiger partial charge in [0.15, 0.2) is 0 Å². The lowest BCUT2D eigenvalue weighted by Gasteiger charge is -2.22. The number of benzene rings is 2. The van der Waals surface area contributed by atoms with Crippen molar-refractivity contribution in [2.45, 2.75) is 18.0 Å². The van der Waals surface area contributed by atoms with E-state index in [4.69, 9.17) is 9.56 Å². The van der Waals surface area contributed by atoms with Crippen molar-refractivity contribution in [3.8, 4) is 5.75 Å². The Morgan fingerprint density at radius 3 is 2.29 bits per heavy atom. The molecule has 146 valence electrons. The van der Waals surface area contributed by atoms with Gasteiger partial charge in [0, 0.05) is 12.2 Å². The number of phenolic OH excluding ortho intramolecular Hbond substituents is 1. The van der Waals surface area contributed by atoms with E-state index in [9.17, 15) is 18.3 Å². The maximum atomic E-state index is 12.8. The first-order valence-electron chi connectivity index (χ1n) is 8.30. The van der Waals surface area contributed by atoms with Gasteiger partial charge in [-0.15, -0.1) is 0 Å². The number of hydrogen-bond donors (Lipinski definition) is 3. The SMILES string of the molecule is NS(=O)(=O)c1ccc(NC(=O)N(Cc2ccc(O)cc2)Cc2ccco2)cc1. The van der Waals surface area contributed by atoms with Crippen LogP contribution in [-0.4, -0.2) is 24.5 Å². The van der Waals surface area contributed by atoms with E-state index < -0.39 is 16.1 Å². The van der Waals surface area contributed by atoms with Crippen LogP contribution >= 0.6 is 0 Å². The molecule has 28 heavy (non-hydrogen) atoms. The highest BCUT2D eigenvalue weighted by atomic mass is 32.2. The molecule has 3 rings (SSSR count). The number of phenols is 1. The van der Waals surface area contributed by atoms with Gasteiger partial charge in [-0.25, -0.2) is 18.4 Å². The van der Waals surface area contributed by atoms with Gasteiger partial charge in [0.05, 0.1) is 17.7 Å². The molecule has 0 bridgehead atoms. The lowest BCUT2D eigenvalue weighted by molar-refractivity contribution is 0.201. The molecule has 0 aliphatic carbocycles. The van der Waals surface area contributed by atoms with E-state index in [1.807, 2.05) is 0 Å². The first-order valence-corrected chi connectivity index (χ1v) is 9.85. The van der Waals surface area contributed by atoms with Crippen molar-refractivity contribution < 1.29 is 22.7 Å². The number of hydrogen-bond acceptors (Lipinski definition) is 5. The number of nitrogens with zero attached hydrogens (tertiary/aromatic N) is 1. The number of carbonyl (C=O) groups excluding carboxylic acids is 1. The van der Waals surface area contributed by atoms with Gasteiger partial charge < -0.3 is 19.7 Å². The molecule has 0 spiro atoms. The highest BCUT2D eigenvalue weighted by Gasteiger charge is 2.17. The summed E-state index contributed by atoms with van der Waals surface area (Å²) in [5.74, 6) is 0.749. The molecule has 0 unspecified atom stereocenters. The van der Waals surface area contributed by atoms with Crippen LogP contribution in [0.4, 0.5) is 10.5 Å². The molecule has 1 aromatic heterocycles. The van der Waals surface area contributed by atoms with Crippen LogP contribution in [0.15, 0.2) is 76.2 Å². The summed E-state index contributed by atoms with van der Waals surface area (Å²) in [4.78, 5) is 14.3. The Morgan fingerprint density at radius 2 is 1.71 bits per heavy atom. The molecule has 0 aliphatic rings. The molecular formula is C19H19N3O5S. The van der Waals surface area contributed by atoms with Crippen LogP contribution in [0.2, 0.25) is 0 Å². The summed E-state index contributed by atoms with van der Waals surface area (Å²) in [7, 11) is -3.80. The molecule has 9 heteroatoms. The average Bonchev–Trinajstić information content (AvgIpc) is 3.16. The zero-order valence-corrected chi connectivity index (χ0v) is 15.6. The number of nitrogens with two attached hydrogens (primary N) is 1. The number of sulfonamides is 1. The zero-order chi connectivity index (χ0) is 20.1. The standard InChI is InChI=1S/C19H19N3O5S/c20-28(25,26)18-9-5-15(6-10-18)21-19(24)22(13-17-2-1-11-27-17)12-14-3-7-16(23)8-4-14/h1-11,23H,12-13H2,(H,21,24)(H2,20,25,26). The predicted octanol–water partition coefficient (Wildman–Crippen LogP) is 2.87. The van der Waals surface area contributed by atoms with Crippen molar-refractivity contribution in [3.05, 3.63) is 78.3 Å². The fourth-order valence-electron chi connectivity index (χ4n) is 2.54. The lowest BCUT2D eigenvalue weighted by atomic mass is 10.2. The number of anilines is 1. The molecule has 4 N–H and O–H groups in total. The average molecular weight is 401 g/mol. The van der Waals surface area contributed by atoms with Crippen molar-refractivity contribution in [1.29, 1.82) is 0 Å². The lowest BCUT2D eigenvalue weighted by Crippen LogP contribution is -2.34. The number of carbonyl (C=O) groups is 1. The second kappa shape index (κ2) is 8.15. The van der Waals surface area contributed by atoms with E-state index in [0.717, 1.165) is 5.56 Å². The molecule has 2 aromatic carbocycles. The van der Waals surface area contributed by atoms with Crippen LogP contribution in [0, 0.1) is 0 Å². The van der Waals surface area contributed by atoms with Crippen LogP contribution < -0.4 is 10.5 Å². The molecule has 0 saturated heterocycles. The monoisotopic (exact) mass is 401 g/mol. The third-order valence-corrected chi connectivity index (χ3v) is 4.89. The minimum absolute atomic E-state index is 0.0398. The summed E-state index contributed by atoms with van der Waals surface area (Å²) in [6.45, 7) is 0.511. The molecule has 8 nitrogen and oxygen atoms in total. The Kier molecular flexibility index (Phi) is 5.67. The van der Waals surface area contributed by atoms with E-state index in [1.165, 1.54) is 35.4 Å². The van der Waals surface area contributed by atoms with Gasteiger partial charge in [-0.3, -0.25) is 0 Å². The van der Waals surface area contributed by atoms with E-state index >= 15 is 0 Å². The third kappa shape index (κ3) is 5.12. The number of aromatic hydroxyl groups is 1. The number of urea groups is 1.